The number of aryl methyl sites for hydroxylation is 2. The molecule has 2 rings (SSSR count). The lowest BCUT2D eigenvalue weighted by molar-refractivity contribution is 0.00379. The number of rotatable bonds is 3. The van der Waals surface area contributed by atoms with E-state index in [1.54, 1.807) is 32.9 Å². The van der Waals surface area contributed by atoms with Crippen molar-refractivity contribution >= 4 is 24.1 Å². The SMILES string of the molecule is COc1ccc(S(=O)(=O)C(=[N+]=[N-])S(=O)(=O)c2c(C)ccc(C)c2C)cc1. The Morgan fingerprint density at radius 2 is 1.42 bits per heavy atom. The topological polar surface area (TPSA) is 114 Å². The Morgan fingerprint density at radius 1 is 0.885 bits per heavy atom. The molecule has 0 saturated carbocycles. The summed E-state index contributed by atoms with van der Waals surface area (Å²) in [5.41, 5.74) is 10.7. The van der Waals surface area contributed by atoms with Crippen LogP contribution in [-0.2, 0) is 19.7 Å². The molecule has 0 fully saturated rings. The number of benzene rings is 2. The molecule has 0 aliphatic carbocycles. The Morgan fingerprint density at radius 3 is 1.92 bits per heavy atom. The molecule has 0 unspecified atom stereocenters. The van der Waals surface area contributed by atoms with E-state index in [2.05, 4.69) is 4.79 Å². The highest BCUT2D eigenvalue weighted by atomic mass is 32.3. The van der Waals surface area contributed by atoms with Crippen molar-refractivity contribution in [2.45, 2.75) is 30.6 Å². The van der Waals surface area contributed by atoms with Crippen molar-refractivity contribution in [3.8, 4) is 5.75 Å². The van der Waals surface area contributed by atoms with Crippen LogP contribution < -0.4 is 4.74 Å². The van der Waals surface area contributed by atoms with Crippen molar-refractivity contribution < 1.29 is 26.4 Å². The van der Waals surface area contributed by atoms with Gasteiger partial charge in [-0.15, -0.1) is 4.79 Å². The highest BCUT2D eigenvalue weighted by Crippen LogP contribution is 2.28. The van der Waals surface area contributed by atoms with E-state index >= 15 is 0 Å². The van der Waals surface area contributed by atoms with Gasteiger partial charge in [0.1, 0.15) is 5.75 Å². The zero-order valence-corrected chi connectivity index (χ0v) is 16.3. The molecule has 0 radical (unpaired) electrons. The van der Waals surface area contributed by atoms with E-state index in [-0.39, 0.29) is 9.79 Å². The maximum Gasteiger partial charge on any atom is 0.504 e. The summed E-state index contributed by atoms with van der Waals surface area (Å²) in [6, 6.07) is 8.42. The summed E-state index contributed by atoms with van der Waals surface area (Å²) >= 11 is 0. The zero-order valence-electron chi connectivity index (χ0n) is 14.7. The first-order valence-corrected chi connectivity index (χ1v) is 10.5. The molecule has 0 heterocycles. The first kappa shape index (κ1) is 19.8. The Kier molecular flexibility index (Phi) is 5.36. The molecule has 0 amide bonds. The summed E-state index contributed by atoms with van der Waals surface area (Å²) < 4.78 is 55.2. The van der Waals surface area contributed by atoms with Crippen molar-refractivity contribution in [3.63, 3.8) is 0 Å². The van der Waals surface area contributed by atoms with Crippen LogP contribution in [0.15, 0.2) is 46.2 Å². The van der Waals surface area contributed by atoms with Crippen molar-refractivity contribution in [1.82, 2.24) is 0 Å². The van der Waals surface area contributed by atoms with E-state index in [1.807, 2.05) is 0 Å². The Balaban J connectivity index is 2.71. The van der Waals surface area contributed by atoms with Crippen LogP contribution in [0.4, 0.5) is 0 Å². The third-order valence-corrected chi connectivity index (χ3v) is 8.51. The predicted molar refractivity (Wildman–Crippen MR) is 96.6 cm³/mol. The van der Waals surface area contributed by atoms with Gasteiger partial charge >= 0.3 is 4.38 Å². The zero-order chi connectivity index (χ0) is 19.7. The molecule has 138 valence electrons. The van der Waals surface area contributed by atoms with Gasteiger partial charge in [0.25, 0.3) is 19.7 Å². The molecular weight excluding hydrogens is 376 g/mol. The first-order chi connectivity index (χ1) is 12.1. The van der Waals surface area contributed by atoms with Crippen LogP contribution in [0.5, 0.6) is 5.75 Å². The van der Waals surface area contributed by atoms with Gasteiger partial charge in [-0.3, -0.25) is 0 Å². The Bertz CT molecular complexity index is 1110. The fourth-order valence-corrected chi connectivity index (χ4v) is 6.37. The summed E-state index contributed by atoms with van der Waals surface area (Å²) in [6.45, 7) is 4.83. The van der Waals surface area contributed by atoms with E-state index in [0.29, 0.717) is 22.4 Å². The van der Waals surface area contributed by atoms with Gasteiger partial charge in [-0.25, -0.2) is 16.8 Å². The molecule has 0 aliphatic heterocycles. The van der Waals surface area contributed by atoms with Gasteiger partial charge in [-0.1, -0.05) is 12.1 Å². The van der Waals surface area contributed by atoms with Crippen LogP contribution in [0, 0.1) is 20.8 Å². The second-order valence-corrected chi connectivity index (χ2v) is 9.63. The molecule has 0 bridgehead atoms. The molecule has 9 heteroatoms. The maximum absolute atomic E-state index is 13.0. The molecular formula is C17H18N2O5S2. The lowest BCUT2D eigenvalue weighted by atomic mass is 10.1. The average molecular weight is 394 g/mol. The minimum atomic E-state index is -4.58. The van der Waals surface area contributed by atoms with Gasteiger partial charge in [0.15, 0.2) is 0 Å². The third-order valence-electron chi connectivity index (χ3n) is 4.05. The molecule has 0 spiro atoms. The molecule has 0 aliphatic rings. The van der Waals surface area contributed by atoms with Crippen molar-refractivity contribution in [1.29, 1.82) is 0 Å². The number of sulfone groups is 2. The molecule has 0 N–H and O–H groups in total. The largest absolute Gasteiger partial charge is 0.504 e. The fraction of sp³-hybridized carbons (Fsp3) is 0.235. The summed E-state index contributed by atoms with van der Waals surface area (Å²) in [4.78, 5) is 2.15. The standard InChI is InChI=1S/C17H18N2O5S2/c1-11-5-6-12(2)16(13(11)3)26(22,23)17(19-18)25(20,21)15-9-7-14(24-4)8-10-15/h5-10H,1-4H3. The third kappa shape index (κ3) is 3.29. The highest BCUT2D eigenvalue weighted by Gasteiger charge is 2.45. The molecule has 0 atom stereocenters. The number of hydrogen-bond donors (Lipinski definition) is 0. The van der Waals surface area contributed by atoms with E-state index in [9.17, 15) is 22.4 Å². The van der Waals surface area contributed by atoms with Crippen LogP contribution in [0.1, 0.15) is 16.7 Å². The lowest BCUT2D eigenvalue weighted by Crippen LogP contribution is -2.27. The molecule has 26 heavy (non-hydrogen) atoms. The van der Waals surface area contributed by atoms with Gasteiger partial charge in [0.2, 0.25) is 0 Å². The smallest absolute Gasteiger partial charge is 0.497 e. The normalized spacial score (nSPS) is 11.7. The Hall–Kier alpha value is -2.48. The molecule has 2 aromatic rings. The van der Waals surface area contributed by atoms with Crippen molar-refractivity contribution in [2.75, 3.05) is 7.11 Å². The summed E-state index contributed by atoms with van der Waals surface area (Å²) in [6.07, 6.45) is 0. The maximum atomic E-state index is 13.0. The van der Waals surface area contributed by atoms with Gasteiger partial charge in [0, 0.05) is 0 Å². The van der Waals surface area contributed by atoms with E-state index in [4.69, 9.17) is 4.74 Å². The van der Waals surface area contributed by atoms with Gasteiger partial charge in [-0.05, 0) is 61.7 Å². The van der Waals surface area contributed by atoms with Crippen LogP contribution in [0.2, 0.25) is 0 Å². The minimum Gasteiger partial charge on any atom is -0.497 e. The molecule has 7 nitrogen and oxygen atoms in total. The number of nitrogens with zero attached hydrogens (tertiary/aromatic N) is 2. The van der Waals surface area contributed by atoms with Gasteiger partial charge < -0.3 is 10.3 Å². The van der Waals surface area contributed by atoms with Crippen LogP contribution in [0.25, 0.3) is 5.53 Å². The number of hydrogen-bond acceptors (Lipinski definition) is 5. The van der Waals surface area contributed by atoms with E-state index in [0.717, 1.165) is 0 Å². The van der Waals surface area contributed by atoms with Crippen LogP contribution in [0.3, 0.4) is 0 Å². The van der Waals surface area contributed by atoms with E-state index in [1.165, 1.54) is 31.4 Å². The van der Waals surface area contributed by atoms with Gasteiger partial charge in [0.05, 0.1) is 16.9 Å². The lowest BCUT2D eigenvalue weighted by Gasteiger charge is -2.11. The minimum absolute atomic E-state index is 0.178. The quantitative estimate of drug-likeness (QED) is 0.343. The molecule has 2 aromatic carbocycles. The summed E-state index contributed by atoms with van der Waals surface area (Å²) in [5, 5.41) is 0. The van der Waals surface area contributed by atoms with Gasteiger partial charge in [-0.2, -0.15) is 0 Å². The second kappa shape index (κ2) is 7.03. The van der Waals surface area contributed by atoms with Crippen LogP contribution >= 0.6 is 0 Å². The number of methoxy groups -OCH3 is 1. The predicted octanol–water partition coefficient (Wildman–Crippen LogP) is 2.45. The second-order valence-electron chi connectivity index (χ2n) is 5.70. The average Bonchev–Trinajstić information content (AvgIpc) is 2.58. The molecule has 0 aromatic heterocycles. The van der Waals surface area contributed by atoms with Crippen molar-refractivity contribution in [3.05, 3.63) is 58.6 Å². The first-order valence-electron chi connectivity index (χ1n) is 7.50. The molecule has 0 saturated heterocycles. The number of ether oxygens (including phenoxy) is 1. The summed E-state index contributed by atoms with van der Waals surface area (Å²) in [7, 11) is -7.73. The van der Waals surface area contributed by atoms with E-state index < -0.39 is 24.1 Å². The highest BCUT2D eigenvalue weighted by molar-refractivity contribution is 8.31. The Labute approximate surface area is 152 Å². The van der Waals surface area contributed by atoms with Crippen LogP contribution in [-0.4, -0.2) is 33.1 Å². The monoisotopic (exact) mass is 394 g/mol. The fourth-order valence-electron chi connectivity index (χ4n) is 2.53. The summed E-state index contributed by atoms with van der Waals surface area (Å²) in [5.74, 6) is 0.402. The van der Waals surface area contributed by atoms with Crippen molar-refractivity contribution in [2.24, 2.45) is 0 Å².